The molecule has 1 aromatic heterocycles. The number of rotatable bonds is 4. The number of benzene rings is 1. The number of carbonyl (C=O) groups is 2. The molecule has 0 unspecified atom stereocenters. The van der Waals surface area contributed by atoms with Crippen LogP contribution in [0.25, 0.3) is 11.4 Å². The van der Waals surface area contributed by atoms with Gasteiger partial charge in [-0.1, -0.05) is 25.0 Å². The Balaban J connectivity index is 1.44. The van der Waals surface area contributed by atoms with Gasteiger partial charge in [0.25, 0.3) is 0 Å². The predicted octanol–water partition coefficient (Wildman–Crippen LogP) is 1.62. The number of hydrogen-bond donors (Lipinski definition) is 1. The summed E-state index contributed by atoms with van der Waals surface area (Å²) in [4.78, 5) is 27.4. The van der Waals surface area contributed by atoms with E-state index in [1.54, 1.807) is 24.3 Å². The molecular formula is C19H24N6O2. The van der Waals surface area contributed by atoms with Crippen molar-refractivity contribution in [2.45, 2.75) is 51.1 Å². The number of primary amides is 1. The van der Waals surface area contributed by atoms with Gasteiger partial charge in [-0.3, -0.25) is 9.59 Å². The van der Waals surface area contributed by atoms with Crippen molar-refractivity contribution >= 4 is 11.8 Å². The third kappa shape index (κ3) is 3.70. The first-order chi connectivity index (χ1) is 13.1. The highest BCUT2D eigenvalue weighted by Crippen LogP contribution is 2.35. The SMILES string of the molecule is NC(=O)c1ccc(-c2nnn(CC(=O)N3CCC[C@H]4CCCC[C@@H]43)n2)cc1. The van der Waals surface area contributed by atoms with Gasteiger partial charge in [-0.15, -0.1) is 10.2 Å². The van der Waals surface area contributed by atoms with Gasteiger partial charge in [-0.05, 0) is 48.9 Å². The number of likely N-dealkylation sites (tertiary alicyclic amines) is 1. The molecule has 2 N–H and O–H groups in total. The highest BCUT2D eigenvalue weighted by molar-refractivity contribution is 5.93. The molecule has 27 heavy (non-hydrogen) atoms. The molecule has 8 nitrogen and oxygen atoms in total. The van der Waals surface area contributed by atoms with Gasteiger partial charge >= 0.3 is 0 Å². The van der Waals surface area contributed by atoms with Crippen molar-refractivity contribution in [2.75, 3.05) is 6.54 Å². The van der Waals surface area contributed by atoms with Crippen LogP contribution in [0.1, 0.15) is 48.9 Å². The molecule has 2 amide bonds. The molecule has 1 aromatic carbocycles. The van der Waals surface area contributed by atoms with E-state index in [1.165, 1.54) is 30.5 Å². The van der Waals surface area contributed by atoms with Crippen molar-refractivity contribution in [2.24, 2.45) is 11.7 Å². The molecule has 0 radical (unpaired) electrons. The molecule has 8 heteroatoms. The van der Waals surface area contributed by atoms with Gasteiger partial charge in [0.2, 0.25) is 17.6 Å². The molecule has 1 aliphatic heterocycles. The Morgan fingerprint density at radius 3 is 2.59 bits per heavy atom. The molecule has 0 bridgehead atoms. The van der Waals surface area contributed by atoms with E-state index in [9.17, 15) is 9.59 Å². The Hall–Kier alpha value is -2.77. The van der Waals surface area contributed by atoms with Crippen LogP contribution in [0.5, 0.6) is 0 Å². The number of aromatic nitrogens is 4. The maximum absolute atomic E-state index is 12.8. The second-order valence-corrected chi connectivity index (χ2v) is 7.43. The van der Waals surface area contributed by atoms with Gasteiger partial charge in [0, 0.05) is 23.7 Å². The number of piperidine rings is 1. The minimum atomic E-state index is -0.480. The first-order valence-corrected chi connectivity index (χ1v) is 9.59. The molecule has 2 aromatic rings. The minimum absolute atomic E-state index is 0.0691. The van der Waals surface area contributed by atoms with Crippen molar-refractivity contribution in [1.82, 2.24) is 25.1 Å². The summed E-state index contributed by atoms with van der Waals surface area (Å²) in [7, 11) is 0. The average Bonchev–Trinajstić information content (AvgIpc) is 3.16. The van der Waals surface area contributed by atoms with E-state index >= 15 is 0 Å². The highest BCUT2D eigenvalue weighted by Gasteiger charge is 2.35. The quantitative estimate of drug-likeness (QED) is 0.882. The van der Waals surface area contributed by atoms with Gasteiger partial charge in [-0.2, -0.15) is 4.80 Å². The smallest absolute Gasteiger partial charge is 0.248 e. The van der Waals surface area contributed by atoms with E-state index in [-0.39, 0.29) is 12.5 Å². The lowest BCUT2D eigenvalue weighted by molar-refractivity contribution is -0.138. The minimum Gasteiger partial charge on any atom is -0.366 e. The molecule has 142 valence electrons. The normalized spacial score (nSPS) is 22.3. The van der Waals surface area contributed by atoms with Crippen LogP contribution in [0.15, 0.2) is 24.3 Å². The number of amides is 2. The van der Waals surface area contributed by atoms with Crippen molar-refractivity contribution in [3.05, 3.63) is 29.8 Å². The largest absolute Gasteiger partial charge is 0.366 e. The standard InChI is InChI=1S/C19H24N6O2/c20-18(27)14-7-9-15(10-8-14)19-21-23-25(22-19)12-17(26)24-11-3-5-13-4-1-2-6-16(13)24/h7-10,13,16H,1-6,11-12H2,(H2,20,27)/t13-,16+/m1/s1. The third-order valence-corrected chi connectivity index (χ3v) is 5.72. The summed E-state index contributed by atoms with van der Waals surface area (Å²) < 4.78 is 0. The molecule has 2 atom stereocenters. The van der Waals surface area contributed by atoms with E-state index in [4.69, 9.17) is 5.73 Å². The average molecular weight is 368 g/mol. The molecule has 2 fully saturated rings. The Bertz CT molecular complexity index is 829. The van der Waals surface area contributed by atoms with Crippen LogP contribution in [0.3, 0.4) is 0 Å². The fourth-order valence-corrected chi connectivity index (χ4v) is 4.36. The maximum Gasteiger partial charge on any atom is 0.248 e. The molecule has 0 spiro atoms. The van der Waals surface area contributed by atoms with E-state index < -0.39 is 5.91 Å². The molecule has 1 aliphatic carbocycles. The highest BCUT2D eigenvalue weighted by atomic mass is 16.2. The lowest BCUT2D eigenvalue weighted by Crippen LogP contribution is -2.50. The lowest BCUT2D eigenvalue weighted by atomic mass is 9.78. The second-order valence-electron chi connectivity index (χ2n) is 7.43. The van der Waals surface area contributed by atoms with E-state index in [2.05, 4.69) is 15.4 Å². The van der Waals surface area contributed by atoms with E-state index in [1.807, 2.05) is 4.90 Å². The number of carbonyl (C=O) groups excluding carboxylic acids is 2. The number of hydrogen-bond acceptors (Lipinski definition) is 5. The Labute approximate surface area is 157 Å². The zero-order chi connectivity index (χ0) is 18.8. The molecule has 4 rings (SSSR count). The number of tetrazole rings is 1. The van der Waals surface area contributed by atoms with Crippen LogP contribution >= 0.6 is 0 Å². The monoisotopic (exact) mass is 368 g/mol. The number of fused-ring (bicyclic) bond motifs is 1. The van der Waals surface area contributed by atoms with Crippen LogP contribution < -0.4 is 5.73 Å². The first kappa shape index (κ1) is 17.6. The van der Waals surface area contributed by atoms with Crippen LogP contribution in [-0.4, -0.2) is 49.5 Å². The van der Waals surface area contributed by atoms with Crippen molar-refractivity contribution in [1.29, 1.82) is 0 Å². The Morgan fingerprint density at radius 1 is 1.07 bits per heavy atom. The van der Waals surface area contributed by atoms with Crippen molar-refractivity contribution < 1.29 is 9.59 Å². The van der Waals surface area contributed by atoms with E-state index in [0.29, 0.717) is 23.3 Å². The van der Waals surface area contributed by atoms with Crippen LogP contribution in [0.4, 0.5) is 0 Å². The molecule has 2 heterocycles. The van der Waals surface area contributed by atoms with Gasteiger partial charge in [-0.25, -0.2) is 0 Å². The maximum atomic E-state index is 12.8. The summed E-state index contributed by atoms with van der Waals surface area (Å²) in [5, 5.41) is 12.4. The number of nitrogens with two attached hydrogens (primary N) is 1. The van der Waals surface area contributed by atoms with Gasteiger partial charge in [0.1, 0.15) is 6.54 Å². The topological polar surface area (TPSA) is 107 Å². The molecule has 1 saturated carbocycles. The lowest BCUT2D eigenvalue weighted by Gasteiger charge is -2.44. The summed E-state index contributed by atoms with van der Waals surface area (Å²) in [6.45, 7) is 0.936. The summed E-state index contributed by atoms with van der Waals surface area (Å²) in [5.41, 5.74) is 6.40. The molecule has 2 aliphatic rings. The summed E-state index contributed by atoms with van der Waals surface area (Å²) in [6.07, 6.45) is 7.15. The Morgan fingerprint density at radius 2 is 1.81 bits per heavy atom. The van der Waals surface area contributed by atoms with Gasteiger partial charge in [0.05, 0.1) is 0 Å². The number of nitrogens with zero attached hydrogens (tertiary/aromatic N) is 5. The predicted molar refractivity (Wildman–Crippen MR) is 98.5 cm³/mol. The first-order valence-electron chi connectivity index (χ1n) is 9.59. The third-order valence-electron chi connectivity index (χ3n) is 5.72. The van der Waals surface area contributed by atoms with Crippen molar-refractivity contribution in [3.63, 3.8) is 0 Å². The zero-order valence-electron chi connectivity index (χ0n) is 15.3. The van der Waals surface area contributed by atoms with Crippen LogP contribution in [-0.2, 0) is 11.3 Å². The van der Waals surface area contributed by atoms with E-state index in [0.717, 1.165) is 24.9 Å². The Kier molecular flexibility index (Phi) is 4.87. The van der Waals surface area contributed by atoms with Crippen LogP contribution in [0.2, 0.25) is 0 Å². The summed E-state index contributed by atoms with van der Waals surface area (Å²) >= 11 is 0. The molecular weight excluding hydrogens is 344 g/mol. The van der Waals surface area contributed by atoms with Gasteiger partial charge in [0.15, 0.2) is 0 Å². The second kappa shape index (κ2) is 7.46. The fourth-order valence-electron chi connectivity index (χ4n) is 4.36. The summed E-state index contributed by atoms with van der Waals surface area (Å²) in [6, 6.07) is 7.08. The van der Waals surface area contributed by atoms with Crippen molar-refractivity contribution in [3.8, 4) is 11.4 Å². The fraction of sp³-hybridized carbons (Fsp3) is 0.526. The zero-order valence-corrected chi connectivity index (χ0v) is 15.3. The molecule has 1 saturated heterocycles. The van der Waals surface area contributed by atoms with Crippen LogP contribution in [0, 0.1) is 5.92 Å². The summed E-state index contributed by atoms with van der Waals surface area (Å²) in [5.74, 6) is 0.665. The van der Waals surface area contributed by atoms with Gasteiger partial charge < -0.3 is 10.6 Å².